The second kappa shape index (κ2) is 5.40. The summed E-state index contributed by atoms with van der Waals surface area (Å²) in [6.07, 6.45) is 4.01. The number of nitrogens with one attached hydrogen (secondary N) is 2. The van der Waals surface area contributed by atoms with Crippen LogP contribution in [0.3, 0.4) is 0 Å². The molecule has 4 heteroatoms. The Hall–Kier alpha value is -2.23. The van der Waals surface area contributed by atoms with E-state index in [1.54, 1.807) is 7.11 Å². The molecule has 0 saturated carbocycles. The molecule has 2 N–H and O–H groups in total. The standard InChI is InChI=1S/C14H16N2O2/c1-3-14(17)15-7-6-10-9-16-13-5-4-11(18-2)8-12(10)13/h3-5,8-9,16H,1,6-7H2,2H3,(H,15,17). The lowest BCUT2D eigenvalue weighted by Gasteiger charge is -2.03. The molecule has 18 heavy (non-hydrogen) atoms. The highest BCUT2D eigenvalue weighted by molar-refractivity contribution is 5.87. The predicted molar refractivity (Wildman–Crippen MR) is 71.8 cm³/mol. The van der Waals surface area contributed by atoms with Crippen molar-refractivity contribution in [2.24, 2.45) is 0 Å². The van der Waals surface area contributed by atoms with Crippen LogP contribution in [0.25, 0.3) is 10.9 Å². The van der Waals surface area contributed by atoms with Gasteiger partial charge in [0.15, 0.2) is 0 Å². The number of rotatable bonds is 5. The summed E-state index contributed by atoms with van der Waals surface area (Å²) in [5.74, 6) is 0.686. The van der Waals surface area contributed by atoms with Gasteiger partial charge < -0.3 is 15.0 Å². The van der Waals surface area contributed by atoms with Crippen molar-refractivity contribution in [3.05, 3.63) is 42.6 Å². The highest BCUT2D eigenvalue weighted by atomic mass is 16.5. The number of hydrogen-bond donors (Lipinski definition) is 2. The van der Waals surface area contributed by atoms with E-state index < -0.39 is 0 Å². The smallest absolute Gasteiger partial charge is 0.243 e. The van der Waals surface area contributed by atoms with Crippen molar-refractivity contribution in [2.45, 2.75) is 6.42 Å². The molecule has 0 aliphatic carbocycles. The van der Waals surface area contributed by atoms with Gasteiger partial charge in [-0.25, -0.2) is 0 Å². The zero-order chi connectivity index (χ0) is 13.0. The van der Waals surface area contributed by atoms with Gasteiger partial charge >= 0.3 is 0 Å². The fraction of sp³-hybridized carbons (Fsp3) is 0.214. The molecule has 0 saturated heterocycles. The predicted octanol–water partition coefficient (Wildman–Crippen LogP) is 2.02. The summed E-state index contributed by atoms with van der Waals surface area (Å²) in [5, 5.41) is 3.89. The van der Waals surface area contributed by atoms with Gasteiger partial charge in [0, 0.05) is 23.6 Å². The molecule has 1 amide bonds. The molecule has 0 aliphatic rings. The van der Waals surface area contributed by atoms with Crippen molar-refractivity contribution < 1.29 is 9.53 Å². The number of methoxy groups -OCH3 is 1. The highest BCUT2D eigenvalue weighted by Crippen LogP contribution is 2.23. The molecule has 0 spiro atoms. The van der Waals surface area contributed by atoms with Crippen molar-refractivity contribution >= 4 is 16.8 Å². The summed E-state index contributed by atoms with van der Waals surface area (Å²) in [6.45, 7) is 4.01. The van der Waals surface area contributed by atoms with Crippen LogP contribution in [-0.2, 0) is 11.2 Å². The molecular weight excluding hydrogens is 228 g/mol. The summed E-state index contributed by atoms with van der Waals surface area (Å²) >= 11 is 0. The fourth-order valence-corrected chi connectivity index (χ4v) is 1.88. The van der Waals surface area contributed by atoms with E-state index in [1.165, 1.54) is 6.08 Å². The Labute approximate surface area is 106 Å². The van der Waals surface area contributed by atoms with Crippen molar-refractivity contribution in [1.29, 1.82) is 0 Å². The molecule has 0 aliphatic heterocycles. The number of carbonyl (C=O) groups excluding carboxylic acids is 1. The van der Waals surface area contributed by atoms with E-state index in [0.717, 1.165) is 28.6 Å². The van der Waals surface area contributed by atoms with Gasteiger partial charge in [-0.05, 0) is 36.3 Å². The van der Waals surface area contributed by atoms with Crippen LogP contribution >= 0.6 is 0 Å². The minimum atomic E-state index is -0.146. The maximum Gasteiger partial charge on any atom is 0.243 e. The minimum Gasteiger partial charge on any atom is -0.497 e. The van der Waals surface area contributed by atoms with E-state index in [9.17, 15) is 4.79 Å². The molecular formula is C14H16N2O2. The number of aromatic amines is 1. The first-order valence-corrected chi connectivity index (χ1v) is 5.79. The molecule has 4 nitrogen and oxygen atoms in total. The molecule has 0 unspecified atom stereocenters. The van der Waals surface area contributed by atoms with Crippen LogP contribution in [0.4, 0.5) is 0 Å². The molecule has 2 aromatic rings. The first-order valence-electron chi connectivity index (χ1n) is 5.79. The van der Waals surface area contributed by atoms with Gasteiger partial charge in [-0.2, -0.15) is 0 Å². The van der Waals surface area contributed by atoms with E-state index in [-0.39, 0.29) is 5.91 Å². The lowest BCUT2D eigenvalue weighted by atomic mass is 10.1. The van der Waals surface area contributed by atoms with Crippen molar-refractivity contribution in [1.82, 2.24) is 10.3 Å². The Bertz CT molecular complexity index is 572. The first-order chi connectivity index (χ1) is 8.74. The van der Waals surface area contributed by atoms with Crippen LogP contribution in [0.2, 0.25) is 0 Å². The number of carbonyl (C=O) groups is 1. The third-order valence-electron chi connectivity index (χ3n) is 2.85. The molecule has 0 radical (unpaired) electrons. The SMILES string of the molecule is C=CC(=O)NCCc1c[nH]c2ccc(OC)cc12. The number of amides is 1. The second-order valence-electron chi connectivity index (χ2n) is 3.97. The third kappa shape index (κ3) is 2.53. The van der Waals surface area contributed by atoms with Crippen molar-refractivity contribution in [2.75, 3.05) is 13.7 Å². The van der Waals surface area contributed by atoms with Gasteiger partial charge in [-0.3, -0.25) is 4.79 Å². The molecule has 1 heterocycles. The summed E-state index contributed by atoms with van der Waals surface area (Å²) in [5.41, 5.74) is 2.23. The number of ether oxygens (including phenoxy) is 1. The summed E-state index contributed by atoms with van der Waals surface area (Å²) < 4.78 is 5.21. The number of fused-ring (bicyclic) bond motifs is 1. The number of H-pyrrole nitrogens is 1. The van der Waals surface area contributed by atoms with E-state index in [1.807, 2.05) is 24.4 Å². The van der Waals surface area contributed by atoms with Gasteiger partial charge in [-0.15, -0.1) is 0 Å². The number of hydrogen-bond acceptors (Lipinski definition) is 2. The van der Waals surface area contributed by atoms with E-state index in [2.05, 4.69) is 16.9 Å². The highest BCUT2D eigenvalue weighted by Gasteiger charge is 2.05. The maximum absolute atomic E-state index is 11.0. The summed E-state index contributed by atoms with van der Waals surface area (Å²) in [7, 11) is 1.65. The monoisotopic (exact) mass is 244 g/mol. The Kier molecular flexibility index (Phi) is 3.67. The Morgan fingerprint density at radius 1 is 1.56 bits per heavy atom. The molecule has 0 fully saturated rings. The average Bonchev–Trinajstić information content (AvgIpc) is 2.81. The van der Waals surface area contributed by atoms with Gasteiger partial charge in [0.2, 0.25) is 5.91 Å². The zero-order valence-corrected chi connectivity index (χ0v) is 10.3. The first kappa shape index (κ1) is 12.2. The molecule has 94 valence electrons. The summed E-state index contributed by atoms with van der Waals surface area (Å²) in [4.78, 5) is 14.3. The molecule has 0 atom stereocenters. The van der Waals surface area contributed by atoms with Gasteiger partial charge in [0.25, 0.3) is 0 Å². The third-order valence-corrected chi connectivity index (χ3v) is 2.85. The van der Waals surface area contributed by atoms with Crippen molar-refractivity contribution in [3.8, 4) is 5.75 Å². The van der Waals surface area contributed by atoms with Crippen LogP contribution in [0.5, 0.6) is 5.75 Å². The Morgan fingerprint density at radius 3 is 3.11 bits per heavy atom. The molecule has 0 bridgehead atoms. The van der Waals surface area contributed by atoms with Gasteiger partial charge in [0.1, 0.15) is 5.75 Å². The maximum atomic E-state index is 11.0. The molecule has 1 aromatic carbocycles. The topological polar surface area (TPSA) is 54.1 Å². The second-order valence-corrected chi connectivity index (χ2v) is 3.97. The number of benzene rings is 1. The minimum absolute atomic E-state index is 0.146. The Balaban J connectivity index is 2.12. The fourth-order valence-electron chi connectivity index (χ4n) is 1.88. The van der Waals surface area contributed by atoms with Gasteiger partial charge in [0.05, 0.1) is 7.11 Å². The van der Waals surface area contributed by atoms with Crippen LogP contribution < -0.4 is 10.1 Å². The van der Waals surface area contributed by atoms with E-state index in [4.69, 9.17) is 4.74 Å². The van der Waals surface area contributed by atoms with Crippen molar-refractivity contribution in [3.63, 3.8) is 0 Å². The van der Waals surface area contributed by atoms with Crippen LogP contribution in [0, 0.1) is 0 Å². The Morgan fingerprint density at radius 2 is 2.39 bits per heavy atom. The van der Waals surface area contributed by atoms with E-state index >= 15 is 0 Å². The van der Waals surface area contributed by atoms with Gasteiger partial charge in [-0.1, -0.05) is 6.58 Å². The normalized spacial score (nSPS) is 10.3. The lowest BCUT2D eigenvalue weighted by Crippen LogP contribution is -2.23. The largest absolute Gasteiger partial charge is 0.497 e. The quantitative estimate of drug-likeness (QED) is 0.791. The lowest BCUT2D eigenvalue weighted by molar-refractivity contribution is -0.116. The molecule has 1 aromatic heterocycles. The number of aromatic nitrogens is 1. The average molecular weight is 244 g/mol. The summed E-state index contributed by atoms with van der Waals surface area (Å²) in [6, 6.07) is 5.90. The van der Waals surface area contributed by atoms with Crippen LogP contribution in [-0.4, -0.2) is 24.5 Å². The zero-order valence-electron chi connectivity index (χ0n) is 10.3. The van der Waals surface area contributed by atoms with E-state index in [0.29, 0.717) is 6.54 Å². The molecule has 2 rings (SSSR count). The van der Waals surface area contributed by atoms with Crippen LogP contribution in [0.15, 0.2) is 37.1 Å². The van der Waals surface area contributed by atoms with Crippen LogP contribution in [0.1, 0.15) is 5.56 Å².